The lowest BCUT2D eigenvalue weighted by atomic mass is 9.70. The average molecular weight is 280 g/mol. The highest BCUT2D eigenvalue weighted by Gasteiger charge is 2.33. The van der Waals surface area contributed by atoms with Gasteiger partial charge in [0.15, 0.2) is 0 Å². The zero-order chi connectivity index (χ0) is 14.4. The molecule has 1 unspecified atom stereocenters. The van der Waals surface area contributed by atoms with Crippen LogP contribution in [0, 0.1) is 23.7 Å². The quantitative estimate of drug-likeness (QED) is 0.686. The van der Waals surface area contributed by atoms with Crippen LogP contribution in [0.2, 0.25) is 0 Å². The molecule has 0 spiro atoms. The summed E-state index contributed by atoms with van der Waals surface area (Å²) >= 11 is 0. The molecule has 0 aromatic carbocycles. The number of rotatable bonds is 6. The molecule has 2 fully saturated rings. The van der Waals surface area contributed by atoms with Crippen LogP contribution in [0.15, 0.2) is 0 Å². The van der Waals surface area contributed by atoms with Crippen molar-refractivity contribution in [3.8, 4) is 0 Å². The van der Waals surface area contributed by atoms with Crippen molar-refractivity contribution in [2.24, 2.45) is 23.7 Å². The SMILES string of the molecule is CCCC1CCC(C(NCC)C2CCC(C)CC2)CC1. The van der Waals surface area contributed by atoms with E-state index in [-0.39, 0.29) is 0 Å². The molecule has 0 heterocycles. The van der Waals surface area contributed by atoms with Gasteiger partial charge < -0.3 is 5.32 Å². The Kier molecular flexibility index (Phi) is 6.87. The lowest BCUT2D eigenvalue weighted by Gasteiger charge is -2.41. The molecular weight excluding hydrogens is 242 g/mol. The molecule has 2 aliphatic rings. The number of hydrogen-bond acceptors (Lipinski definition) is 1. The third-order valence-corrected chi connectivity index (χ3v) is 6.10. The molecule has 0 aliphatic heterocycles. The second-order valence-corrected chi connectivity index (χ2v) is 7.67. The maximum Gasteiger partial charge on any atom is 0.0123 e. The van der Waals surface area contributed by atoms with Crippen LogP contribution in [0.1, 0.15) is 85.0 Å². The van der Waals surface area contributed by atoms with E-state index in [0.717, 1.165) is 36.3 Å². The predicted octanol–water partition coefficient (Wildman–Crippen LogP) is 5.40. The Morgan fingerprint density at radius 2 is 1.40 bits per heavy atom. The molecule has 0 radical (unpaired) electrons. The molecule has 0 aromatic rings. The van der Waals surface area contributed by atoms with Gasteiger partial charge in [-0.25, -0.2) is 0 Å². The molecule has 1 N–H and O–H groups in total. The van der Waals surface area contributed by atoms with Crippen molar-refractivity contribution in [2.75, 3.05) is 6.54 Å². The second kappa shape index (κ2) is 8.41. The van der Waals surface area contributed by atoms with Gasteiger partial charge in [-0.05, 0) is 55.9 Å². The topological polar surface area (TPSA) is 12.0 Å². The molecular formula is C19H37N. The summed E-state index contributed by atoms with van der Waals surface area (Å²) in [6, 6.07) is 0.829. The van der Waals surface area contributed by atoms with E-state index in [4.69, 9.17) is 0 Å². The summed E-state index contributed by atoms with van der Waals surface area (Å²) < 4.78 is 0. The summed E-state index contributed by atoms with van der Waals surface area (Å²) in [5, 5.41) is 3.88. The molecule has 2 saturated carbocycles. The summed E-state index contributed by atoms with van der Waals surface area (Å²) in [5.74, 6) is 3.97. The monoisotopic (exact) mass is 279 g/mol. The van der Waals surface area contributed by atoms with Crippen LogP contribution in [0.4, 0.5) is 0 Å². The Balaban J connectivity index is 1.85. The van der Waals surface area contributed by atoms with Crippen molar-refractivity contribution in [3.63, 3.8) is 0 Å². The molecule has 0 aromatic heterocycles. The molecule has 2 rings (SSSR count). The standard InChI is InChI=1S/C19H37N/c1-4-6-16-9-13-18(14-10-16)19(20-5-2)17-11-7-15(3)8-12-17/h15-20H,4-14H2,1-3H3. The highest BCUT2D eigenvalue weighted by atomic mass is 14.9. The van der Waals surface area contributed by atoms with Crippen LogP contribution in [0.5, 0.6) is 0 Å². The largest absolute Gasteiger partial charge is 0.314 e. The first kappa shape index (κ1) is 16.3. The van der Waals surface area contributed by atoms with Crippen molar-refractivity contribution in [1.29, 1.82) is 0 Å². The van der Waals surface area contributed by atoms with Crippen LogP contribution in [-0.4, -0.2) is 12.6 Å². The van der Waals surface area contributed by atoms with Gasteiger partial charge >= 0.3 is 0 Å². The highest BCUT2D eigenvalue weighted by molar-refractivity contribution is 4.88. The zero-order valence-electron chi connectivity index (χ0n) is 14.2. The van der Waals surface area contributed by atoms with E-state index in [9.17, 15) is 0 Å². The highest BCUT2D eigenvalue weighted by Crippen LogP contribution is 2.39. The molecule has 20 heavy (non-hydrogen) atoms. The Morgan fingerprint density at radius 3 is 1.90 bits per heavy atom. The molecule has 1 nitrogen and oxygen atoms in total. The van der Waals surface area contributed by atoms with Crippen molar-refractivity contribution < 1.29 is 0 Å². The fourth-order valence-corrected chi connectivity index (χ4v) is 4.84. The Hall–Kier alpha value is -0.0400. The van der Waals surface area contributed by atoms with Gasteiger partial charge in [-0.15, -0.1) is 0 Å². The summed E-state index contributed by atoms with van der Waals surface area (Å²) in [6.45, 7) is 8.23. The summed E-state index contributed by atoms with van der Waals surface area (Å²) in [5.41, 5.74) is 0. The Morgan fingerprint density at radius 1 is 0.850 bits per heavy atom. The average Bonchev–Trinajstić information content (AvgIpc) is 2.47. The van der Waals surface area contributed by atoms with Crippen LogP contribution in [0.25, 0.3) is 0 Å². The fraction of sp³-hybridized carbons (Fsp3) is 1.00. The maximum absolute atomic E-state index is 3.88. The van der Waals surface area contributed by atoms with Gasteiger partial charge in [0.1, 0.15) is 0 Å². The normalized spacial score (nSPS) is 36.8. The maximum atomic E-state index is 3.88. The lowest BCUT2D eigenvalue weighted by molar-refractivity contribution is 0.140. The Labute approximate surface area is 127 Å². The smallest absolute Gasteiger partial charge is 0.0123 e. The molecule has 2 aliphatic carbocycles. The van der Waals surface area contributed by atoms with Gasteiger partial charge in [0.05, 0.1) is 0 Å². The van der Waals surface area contributed by atoms with Gasteiger partial charge in [-0.3, -0.25) is 0 Å². The van der Waals surface area contributed by atoms with E-state index in [0.29, 0.717) is 0 Å². The van der Waals surface area contributed by atoms with Gasteiger partial charge in [-0.1, -0.05) is 59.3 Å². The zero-order valence-corrected chi connectivity index (χ0v) is 14.2. The van der Waals surface area contributed by atoms with Crippen molar-refractivity contribution in [2.45, 2.75) is 91.0 Å². The van der Waals surface area contributed by atoms with Gasteiger partial charge in [0, 0.05) is 6.04 Å². The van der Waals surface area contributed by atoms with Crippen molar-refractivity contribution in [1.82, 2.24) is 5.32 Å². The Bertz CT molecular complexity index is 246. The lowest BCUT2D eigenvalue weighted by Crippen LogP contribution is -2.44. The molecule has 1 atom stereocenters. The minimum absolute atomic E-state index is 0.829. The van der Waals surface area contributed by atoms with Gasteiger partial charge in [0.2, 0.25) is 0 Å². The van der Waals surface area contributed by atoms with E-state index in [1.807, 2.05) is 0 Å². The number of hydrogen-bond donors (Lipinski definition) is 1. The summed E-state index contributed by atoms with van der Waals surface area (Å²) in [7, 11) is 0. The molecule has 118 valence electrons. The third-order valence-electron chi connectivity index (χ3n) is 6.10. The second-order valence-electron chi connectivity index (χ2n) is 7.67. The summed E-state index contributed by atoms with van der Waals surface area (Å²) in [4.78, 5) is 0. The van der Waals surface area contributed by atoms with E-state index >= 15 is 0 Å². The summed E-state index contributed by atoms with van der Waals surface area (Å²) in [6.07, 6.45) is 14.7. The number of nitrogens with one attached hydrogen (secondary N) is 1. The van der Waals surface area contributed by atoms with E-state index in [1.165, 1.54) is 64.2 Å². The van der Waals surface area contributed by atoms with Crippen LogP contribution < -0.4 is 5.32 Å². The van der Waals surface area contributed by atoms with Crippen molar-refractivity contribution in [3.05, 3.63) is 0 Å². The molecule has 0 amide bonds. The molecule has 0 bridgehead atoms. The third kappa shape index (κ3) is 4.48. The van der Waals surface area contributed by atoms with Crippen LogP contribution in [-0.2, 0) is 0 Å². The van der Waals surface area contributed by atoms with Crippen molar-refractivity contribution >= 4 is 0 Å². The fourth-order valence-electron chi connectivity index (χ4n) is 4.84. The van der Waals surface area contributed by atoms with Crippen LogP contribution in [0.3, 0.4) is 0 Å². The minimum atomic E-state index is 0.829. The van der Waals surface area contributed by atoms with E-state index in [2.05, 4.69) is 26.1 Å². The van der Waals surface area contributed by atoms with Crippen LogP contribution >= 0.6 is 0 Å². The van der Waals surface area contributed by atoms with E-state index < -0.39 is 0 Å². The first-order valence-electron chi connectivity index (χ1n) is 9.47. The predicted molar refractivity (Wildman–Crippen MR) is 88.9 cm³/mol. The first-order valence-corrected chi connectivity index (χ1v) is 9.47. The van der Waals surface area contributed by atoms with Gasteiger partial charge in [0.25, 0.3) is 0 Å². The minimum Gasteiger partial charge on any atom is -0.314 e. The molecule has 0 saturated heterocycles. The first-order chi connectivity index (χ1) is 9.74. The van der Waals surface area contributed by atoms with Gasteiger partial charge in [-0.2, -0.15) is 0 Å². The molecule has 1 heteroatoms. The van der Waals surface area contributed by atoms with E-state index in [1.54, 1.807) is 0 Å².